The minimum atomic E-state index is -1.53. The van der Waals surface area contributed by atoms with E-state index in [-0.39, 0.29) is 12.0 Å². The molecule has 0 bridgehead atoms. The summed E-state index contributed by atoms with van der Waals surface area (Å²) in [7, 11) is 0. The van der Waals surface area contributed by atoms with Gasteiger partial charge in [-0.15, -0.1) is 0 Å². The van der Waals surface area contributed by atoms with E-state index in [0.717, 1.165) is 25.9 Å². The smallest absolute Gasteiger partial charge is 0.262 e. The predicted molar refractivity (Wildman–Crippen MR) is 72.9 cm³/mol. The third kappa shape index (κ3) is 5.93. The van der Waals surface area contributed by atoms with Crippen LogP contribution in [0.25, 0.3) is 0 Å². The summed E-state index contributed by atoms with van der Waals surface area (Å²) < 4.78 is 3.97. The van der Waals surface area contributed by atoms with Gasteiger partial charge in [-0.25, -0.2) is 0 Å². The Morgan fingerprint density at radius 1 is 1.56 bits per heavy atom. The van der Waals surface area contributed by atoms with Gasteiger partial charge >= 0.3 is 0 Å². The largest absolute Gasteiger partial charge is 0.372 e. The van der Waals surface area contributed by atoms with E-state index in [1.807, 2.05) is 12.2 Å². The van der Waals surface area contributed by atoms with E-state index in [9.17, 15) is 4.79 Å². The number of carbonyl (C=O) groups excluding carboxylic acids is 1. The minimum absolute atomic E-state index is 0.0996. The summed E-state index contributed by atoms with van der Waals surface area (Å²) in [5, 5.41) is 4.57. The SMILES string of the molecule is CCCC(=O)N[C@@H]([NH2+]C[C@@H]1CCCO1)C(Cl)(Cl)Cl. The van der Waals surface area contributed by atoms with Crippen LogP contribution in [-0.4, -0.2) is 35.1 Å². The second kappa shape index (κ2) is 7.75. The Balaban J connectivity index is 2.42. The van der Waals surface area contributed by atoms with Crippen LogP contribution < -0.4 is 10.6 Å². The van der Waals surface area contributed by atoms with Crippen molar-refractivity contribution in [1.29, 1.82) is 0 Å². The van der Waals surface area contributed by atoms with Crippen molar-refractivity contribution in [3.05, 3.63) is 0 Å². The first-order chi connectivity index (χ1) is 8.43. The maximum atomic E-state index is 11.6. The third-order valence-electron chi connectivity index (χ3n) is 2.80. The van der Waals surface area contributed by atoms with Crippen LogP contribution in [-0.2, 0) is 9.53 Å². The van der Waals surface area contributed by atoms with Crippen LogP contribution in [0.15, 0.2) is 0 Å². The number of nitrogens with one attached hydrogen (secondary N) is 1. The summed E-state index contributed by atoms with van der Waals surface area (Å²) >= 11 is 17.6. The Labute approximate surface area is 123 Å². The van der Waals surface area contributed by atoms with Crippen LogP contribution in [0, 0.1) is 0 Å². The summed E-state index contributed by atoms with van der Waals surface area (Å²) in [4.78, 5) is 11.6. The lowest BCUT2D eigenvalue weighted by molar-refractivity contribution is -0.697. The minimum Gasteiger partial charge on any atom is -0.372 e. The number of rotatable bonds is 6. The molecule has 1 saturated heterocycles. The maximum Gasteiger partial charge on any atom is 0.262 e. The first kappa shape index (κ1) is 16.3. The molecular formula is C11H20Cl3N2O2+. The summed E-state index contributed by atoms with van der Waals surface area (Å²) in [6.45, 7) is 3.41. The van der Waals surface area contributed by atoms with Crippen molar-refractivity contribution in [3.63, 3.8) is 0 Å². The molecule has 3 N–H and O–H groups in total. The lowest BCUT2D eigenvalue weighted by Crippen LogP contribution is -2.97. The highest BCUT2D eigenvalue weighted by molar-refractivity contribution is 6.68. The van der Waals surface area contributed by atoms with E-state index in [2.05, 4.69) is 5.32 Å². The first-order valence-electron chi connectivity index (χ1n) is 6.24. The van der Waals surface area contributed by atoms with Crippen LogP contribution in [0.2, 0.25) is 0 Å². The van der Waals surface area contributed by atoms with Gasteiger partial charge in [0, 0.05) is 13.0 Å². The summed E-state index contributed by atoms with van der Waals surface area (Å²) in [6.07, 6.45) is 2.90. The van der Waals surface area contributed by atoms with Crippen molar-refractivity contribution in [3.8, 4) is 0 Å². The Bertz CT molecular complexity index is 266. The number of nitrogens with two attached hydrogens (primary N) is 1. The van der Waals surface area contributed by atoms with Gasteiger partial charge in [0.1, 0.15) is 12.6 Å². The number of hydrogen-bond donors (Lipinski definition) is 2. The molecule has 106 valence electrons. The second-order valence-electron chi connectivity index (χ2n) is 4.44. The average molecular weight is 319 g/mol. The van der Waals surface area contributed by atoms with Gasteiger partial charge in [-0.1, -0.05) is 41.7 Å². The van der Waals surface area contributed by atoms with Gasteiger partial charge in [0.05, 0.1) is 0 Å². The number of alkyl halides is 3. The molecule has 0 saturated carbocycles. The van der Waals surface area contributed by atoms with E-state index in [1.54, 1.807) is 0 Å². The van der Waals surface area contributed by atoms with E-state index >= 15 is 0 Å². The van der Waals surface area contributed by atoms with Crippen LogP contribution in [0.5, 0.6) is 0 Å². The van der Waals surface area contributed by atoms with Crippen molar-refractivity contribution in [1.82, 2.24) is 5.32 Å². The monoisotopic (exact) mass is 317 g/mol. The number of ether oxygens (including phenoxy) is 1. The molecule has 1 aliphatic rings. The molecule has 0 aromatic carbocycles. The van der Waals surface area contributed by atoms with Gasteiger partial charge < -0.3 is 15.4 Å². The third-order valence-corrected chi connectivity index (χ3v) is 3.51. The van der Waals surface area contributed by atoms with Gasteiger partial charge in [0.15, 0.2) is 0 Å². The molecule has 0 radical (unpaired) electrons. The topological polar surface area (TPSA) is 54.9 Å². The standard InChI is InChI=1S/C11H19Cl3N2O2/c1-2-4-9(17)16-10(11(12,13)14)15-7-8-5-3-6-18-8/h8,10,15H,2-7H2,1H3,(H,16,17)/p+1/t8-,10+/m0/s1. The predicted octanol–water partition coefficient (Wildman–Crippen LogP) is 1.34. The van der Waals surface area contributed by atoms with E-state index in [4.69, 9.17) is 39.5 Å². The van der Waals surface area contributed by atoms with E-state index < -0.39 is 9.96 Å². The molecule has 1 heterocycles. The Morgan fingerprint density at radius 3 is 2.78 bits per heavy atom. The number of halogens is 3. The van der Waals surface area contributed by atoms with Gasteiger partial charge in [-0.2, -0.15) is 0 Å². The average Bonchev–Trinajstić information content (AvgIpc) is 2.75. The molecule has 7 heteroatoms. The van der Waals surface area contributed by atoms with Crippen molar-refractivity contribution >= 4 is 40.7 Å². The number of carbonyl (C=O) groups is 1. The van der Waals surface area contributed by atoms with Crippen molar-refractivity contribution < 1.29 is 14.8 Å². The second-order valence-corrected chi connectivity index (χ2v) is 6.81. The molecule has 0 aromatic rings. The van der Waals surface area contributed by atoms with Crippen molar-refractivity contribution in [2.45, 2.75) is 48.7 Å². The number of quaternary nitrogens is 1. The lowest BCUT2D eigenvalue weighted by Gasteiger charge is -2.24. The first-order valence-corrected chi connectivity index (χ1v) is 7.38. The number of amides is 1. The highest BCUT2D eigenvalue weighted by atomic mass is 35.6. The van der Waals surface area contributed by atoms with Crippen LogP contribution in [0.1, 0.15) is 32.6 Å². The zero-order valence-electron chi connectivity index (χ0n) is 10.4. The fourth-order valence-electron chi connectivity index (χ4n) is 1.87. The highest BCUT2D eigenvalue weighted by Gasteiger charge is 2.37. The van der Waals surface area contributed by atoms with Crippen LogP contribution in [0.3, 0.4) is 0 Å². The summed E-state index contributed by atoms with van der Waals surface area (Å²) in [5.74, 6) is -0.0996. The van der Waals surface area contributed by atoms with E-state index in [0.29, 0.717) is 13.0 Å². The zero-order chi connectivity index (χ0) is 13.6. The maximum absolute atomic E-state index is 11.6. The molecule has 0 aliphatic carbocycles. The highest BCUT2D eigenvalue weighted by Crippen LogP contribution is 2.27. The van der Waals surface area contributed by atoms with Crippen molar-refractivity contribution in [2.24, 2.45) is 0 Å². The normalized spacial score (nSPS) is 21.9. The molecule has 4 nitrogen and oxygen atoms in total. The molecule has 1 fully saturated rings. The zero-order valence-corrected chi connectivity index (χ0v) is 12.7. The van der Waals surface area contributed by atoms with Gasteiger partial charge in [0.2, 0.25) is 12.1 Å². The molecular weight excluding hydrogens is 298 g/mol. The Kier molecular flexibility index (Phi) is 7.03. The fourth-order valence-corrected chi connectivity index (χ4v) is 2.30. The molecule has 1 amide bonds. The molecule has 18 heavy (non-hydrogen) atoms. The molecule has 0 spiro atoms. The van der Waals surface area contributed by atoms with Gasteiger partial charge in [-0.3, -0.25) is 4.79 Å². The van der Waals surface area contributed by atoms with Crippen LogP contribution >= 0.6 is 34.8 Å². The van der Waals surface area contributed by atoms with Gasteiger partial charge in [0.25, 0.3) is 3.79 Å². The van der Waals surface area contributed by atoms with Crippen molar-refractivity contribution in [2.75, 3.05) is 13.2 Å². The molecule has 1 aliphatic heterocycles. The van der Waals surface area contributed by atoms with Crippen LogP contribution in [0.4, 0.5) is 0 Å². The molecule has 2 atom stereocenters. The summed E-state index contributed by atoms with van der Waals surface area (Å²) in [6, 6.07) is 0. The molecule has 1 rings (SSSR count). The Hall–Kier alpha value is 0.260. The number of hydrogen-bond acceptors (Lipinski definition) is 2. The molecule has 0 unspecified atom stereocenters. The summed E-state index contributed by atoms with van der Waals surface area (Å²) in [5.41, 5.74) is 0. The fraction of sp³-hybridized carbons (Fsp3) is 0.909. The molecule has 0 aromatic heterocycles. The lowest BCUT2D eigenvalue weighted by atomic mass is 10.2. The van der Waals surface area contributed by atoms with Gasteiger partial charge in [-0.05, 0) is 19.3 Å². The van der Waals surface area contributed by atoms with E-state index in [1.165, 1.54) is 0 Å². The quantitative estimate of drug-likeness (QED) is 0.573. The Morgan fingerprint density at radius 2 is 2.28 bits per heavy atom.